The van der Waals surface area contributed by atoms with Crippen LogP contribution in [0.4, 0.5) is 0 Å². The standard InChI is InChI=1S/C14H19NO9S/c1-8(17)15-11-12(18)13(24-25(19,20)21)10(7-16)23-14(11)22-9-5-3-2-4-6-9/h2-6,10-14,16,18H,7H2,1H3,(H,15,17)(H,19,20,21)/t10?,11?,12-,13+,14?/m1/s1. The van der Waals surface area contributed by atoms with Gasteiger partial charge in [-0.15, -0.1) is 0 Å². The normalized spacial score (nSPS) is 29.8. The van der Waals surface area contributed by atoms with Gasteiger partial charge in [0.25, 0.3) is 0 Å². The third-order valence-corrected chi connectivity index (χ3v) is 3.92. The first kappa shape index (κ1) is 19.6. The SMILES string of the molecule is CC(=O)NC1C(Oc2ccccc2)OC(CO)[C@H](OS(=O)(=O)O)[C@@H]1O. The maximum atomic E-state index is 11.4. The molecule has 0 radical (unpaired) electrons. The van der Waals surface area contributed by atoms with Crippen molar-refractivity contribution in [3.05, 3.63) is 30.3 Å². The second-order valence-corrected chi connectivity index (χ2v) is 6.41. The molecule has 25 heavy (non-hydrogen) atoms. The minimum absolute atomic E-state index is 0.362. The number of nitrogens with one attached hydrogen (secondary N) is 1. The first-order valence-corrected chi connectivity index (χ1v) is 8.66. The molecule has 2 rings (SSSR count). The molecule has 5 atom stereocenters. The lowest BCUT2D eigenvalue weighted by Gasteiger charge is -2.43. The van der Waals surface area contributed by atoms with Crippen LogP contribution in [-0.2, 0) is 24.1 Å². The maximum absolute atomic E-state index is 11.4. The summed E-state index contributed by atoms with van der Waals surface area (Å²) in [4.78, 5) is 11.4. The lowest BCUT2D eigenvalue weighted by Crippen LogP contribution is -2.66. The maximum Gasteiger partial charge on any atom is 0.397 e. The second-order valence-electron chi connectivity index (χ2n) is 5.36. The van der Waals surface area contributed by atoms with Gasteiger partial charge in [0.2, 0.25) is 12.2 Å². The van der Waals surface area contributed by atoms with Crippen molar-refractivity contribution in [1.29, 1.82) is 0 Å². The molecule has 0 spiro atoms. The highest BCUT2D eigenvalue weighted by Crippen LogP contribution is 2.27. The van der Waals surface area contributed by atoms with Crippen LogP contribution in [0.2, 0.25) is 0 Å². The number of benzene rings is 1. The molecule has 1 aliphatic rings. The summed E-state index contributed by atoms with van der Waals surface area (Å²) in [6, 6.07) is 7.13. The highest BCUT2D eigenvalue weighted by atomic mass is 32.3. The molecular formula is C14H19NO9S. The van der Waals surface area contributed by atoms with Crippen LogP contribution in [0.1, 0.15) is 6.92 Å². The molecule has 1 amide bonds. The monoisotopic (exact) mass is 377 g/mol. The van der Waals surface area contributed by atoms with Crippen molar-refractivity contribution in [1.82, 2.24) is 5.32 Å². The van der Waals surface area contributed by atoms with Crippen LogP contribution in [-0.4, -0.2) is 66.3 Å². The summed E-state index contributed by atoms with van der Waals surface area (Å²) in [6.45, 7) is 0.460. The van der Waals surface area contributed by atoms with Gasteiger partial charge < -0.3 is 25.0 Å². The molecule has 4 N–H and O–H groups in total. The fourth-order valence-electron chi connectivity index (χ4n) is 2.45. The zero-order valence-electron chi connectivity index (χ0n) is 13.2. The van der Waals surface area contributed by atoms with E-state index >= 15 is 0 Å². The van der Waals surface area contributed by atoms with Gasteiger partial charge in [0, 0.05) is 6.92 Å². The van der Waals surface area contributed by atoms with Gasteiger partial charge in [0.15, 0.2) is 0 Å². The predicted octanol–water partition coefficient (Wildman–Crippen LogP) is -1.16. The van der Waals surface area contributed by atoms with Crippen molar-refractivity contribution in [2.24, 2.45) is 0 Å². The van der Waals surface area contributed by atoms with E-state index < -0.39 is 53.6 Å². The zero-order chi connectivity index (χ0) is 18.6. The molecule has 3 unspecified atom stereocenters. The Morgan fingerprint density at radius 3 is 2.48 bits per heavy atom. The number of amides is 1. The highest BCUT2D eigenvalue weighted by Gasteiger charge is 2.49. The minimum Gasteiger partial charge on any atom is -0.463 e. The Bertz CT molecular complexity index is 681. The van der Waals surface area contributed by atoms with Crippen molar-refractivity contribution in [2.75, 3.05) is 6.61 Å². The Morgan fingerprint density at radius 1 is 1.32 bits per heavy atom. The van der Waals surface area contributed by atoms with Crippen molar-refractivity contribution >= 4 is 16.3 Å². The molecular weight excluding hydrogens is 358 g/mol. The molecule has 1 heterocycles. The predicted molar refractivity (Wildman–Crippen MR) is 82.8 cm³/mol. The van der Waals surface area contributed by atoms with Gasteiger partial charge in [-0.2, -0.15) is 8.42 Å². The van der Waals surface area contributed by atoms with Gasteiger partial charge >= 0.3 is 10.4 Å². The van der Waals surface area contributed by atoms with E-state index in [0.29, 0.717) is 5.75 Å². The summed E-state index contributed by atoms with van der Waals surface area (Å²) in [7, 11) is -4.93. The van der Waals surface area contributed by atoms with E-state index in [4.69, 9.17) is 14.0 Å². The van der Waals surface area contributed by atoms with Crippen LogP contribution in [0, 0.1) is 0 Å². The number of hydrogen-bond donors (Lipinski definition) is 4. The Labute approximate surface area is 144 Å². The number of carbonyl (C=O) groups excluding carboxylic acids is 1. The van der Waals surface area contributed by atoms with Crippen LogP contribution >= 0.6 is 0 Å². The summed E-state index contributed by atoms with van der Waals surface area (Å²) in [6.07, 6.45) is -5.85. The molecule has 140 valence electrons. The van der Waals surface area contributed by atoms with Gasteiger partial charge in [-0.1, -0.05) is 18.2 Å². The smallest absolute Gasteiger partial charge is 0.397 e. The summed E-state index contributed by atoms with van der Waals surface area (Å²) >= 11 is 0. The van der Waals surface area contributed by atoms with Crippen LogP contribution in [0.25, 0.3) is 0 Å². The van der Waals surface area contributed by atoms with Crippen LogP contribution in [0.15, 0.2) is 30.3 Å². The molecule has 1 aromatic rings. The third-order valence-electron chi connectivity index (χ3n) is 3.45. The van der Waals surface area contributed by atoms with Crippen LogP contribution in [0.5, 0.6) is 5.75 Å². The number of aliphatic hydroxyl groups excluding tert-OH is 2. The molecule has 0 bridgehead atoms. The molecule has 1 fully saturated rings. The first-order chi connectivity index (χ1) is 11.7. The Morgan fingerprint density at radius 2 is 1.96 bits per heavy atom. The molecule has 0 aromatic heterocycles. The molecule has 1 aliphatic heterocycles. The van der Waals surface area contributed by atoms with Crippen molar-refractivity contribution < 1.29 is 41.6 Å². The fraction of sp³-hybridized carbons (Fsp3) is 0.500. The van der Waals surface area contributed by atoms with Gasteiger partial charge in [-0.05, 0) is 12.1 Å². The molecule has 1 saturated heterocycles. The molecule has 10 nitrogen and oxygen atoms in total. The average Bonchev–Trinajstić information content (AvgIpc) is 2.53. The molecule has 1 aromatic carbocycles. The summed E-state index contributed by atoms with van der Waals surface area (Å²) in [5.74, 6) is -0.178. The van der Waals surface area contributed by atoms with Crippen LogP contribution < -0.4 is 10.1 Å². The van der Waals surface area contributed by atoms with E-state index in [9.17, 15) is 23.4 Å². The van der Waals surface area contributed by atoms with E-state index in [1.54, 1.807) is 30.3 Å². The lowest BCUT2D eigenvalue weighted by molar-refractivity contribution is -0.239. The van der Waals surface area contributed by atoms with Gasteiger partial charge in [0.1, 0.15) is 30.1 Å². The Balaban J connectivity index is 2.27. The van der Waals surface area contributed by atoms with E-state index in [0.717, 1.165) is 0 Å². The Hall–Kier alpha value is -1.76. The van der Waals surface area contributed by atoms with E-state index in [1.165, 1.54) is 6.92 Å². The first-order valence-electron chi connectivity index (χ1n) is 7.30. The average molecular weight is 377 g/mol. The number of rotatable bonds is 6. The van der Waals surface area contributed by atoms with Crippen LogP contribution in [0.3, 0.4) is 0 Å². The largest absolute Gasteiger partial charge is 0.463 e. The van der Waals surface area contributed by atoms with E-state index in [1.807, 2.05) is 0 Å². The molecule has 0 saturated carbocycles. The van der Waals surface area contributed by atoms with Gasteiger partial charge in [0.05, 0.1) is 6.61 Å². The number of ether oxygens (including phenoxy) is 2. The van der Waals surface area contributed by atoms with Crippen molar-refractivity contribution in [3.63, 3.8) is 0 Å². The van der Waals surface area contributed by atoms with Crippen molar-refractivity contribution in [3.8, 4) is 5.75 Å². The third kappa shape index (κ3) is 5.36. The molecule has 11 heteroatoms. The van der Waals surface area contributed by atoms with Gasteiger partial charge in [-0.25, -0.2) is 4.18 Å². The fourth-order valence-corrected chi connectivity index (χ4v) is 2.97. The lowest BCUT2D eigenvalue weighted by atomic mass is 9.97. The topological polar surface area (TPSA) is 152 Å². The minimum atomic E-state index is -4.93. The Kier molecular flexibility index (Phi) is 6.32. The van der Waals surface area contributed by atoms with E-state index in [2.05, 4.69) is 9.50 Å². The summed E-state index contributed by atoms with van der Waals surface area (Å²) in [5.41, 5.74) is 0. The number of hydrogen-bond acceptors (Lipinski definition) is 8. The van der Waals surface area contributed by atoms with Crippen molar-refractivity contribution in [2.45, 2.75) is 37.6 Å². The van der Waals surface area contributed by atoms with Gasteiger partial charge in [-0.3, -0.25) is 9.35 Å². The highest BCUT2D eigenvalue weighted by molar-refractivity contribution is 7.80. The number of para-hydroxylation sites is 1. The summed E-state index contributed by atoms with van der Waals surface area (Å²) < 4.78 is 46.2. The zero-order valence-corrected chi connectivity index (χ0v) is 14.0. The number of aliphatic hydroxyl groups is 2. The molecule has 0 aliphatic carbocycles. The number of carbonyl (C=O) groups is 1. The second kappa shape index (κ2) is 8.08. The summed E-state index contributed by atoms with van der Waals surface area (Å²) in [5, 5.41) is 22.2. The quantitative estimate of drug-likeness (QED) is 0.450. The van der Waals surface area contributed by atoms with E-state index in [-0.39, 0.29) is 0 Å².